The molecule has 0 aliphatic carbocycles. The molecule has 0 saturated heterocycles. The Bertz CT molecular complexity index is 82.5. The van der Waals surface area contributed by atoms with E-state index in [9.17, 15) is 0 Å². The first-order chi connectivity index (χ1) is 3.15. The Hall–Kier alpha value is 0.486. The van der Waals surface area contributed by atoms with E-state index in [1.165, 1.54) is 0 Å². The van der Waals surface area contributed by atoms with E-state index in [4.69, 9.17) is 20.1 Å². The first-order valence-electron chi connectivity index (χ1n) is 1.38. The molecule has 0 fully saturated rings. The van der Waals surface area contributed by atoms with E-state index < -0.39 is 5.97 Å². The predicted molar refractivity (Wildman–Crippen MR) is 28.9 cm³/mol. The number of carbonyl (C=O) groups excluding carboxylic acids is 1. The standard InChI is InChI=1S/C2H4O2.CHNO.K.H/c1-2(3)4;2-1-3;;/h1H3,(H,3,4);2H;;. The molecular formula is C3H6KNO3. The van der Waals surface area contributed by atoms with Crippen molar-refractivity contribution in [3.8, 4) is 0 Å². The summed E-state index contributed by atoms with van der Waals surface area (Å²) in [4.78, 5) is 17.3. The molecule has 0 radical (unpaired) electrons. The van der Waals surface area contributed by atoms with Crippen LogP contribution in [-0.2, 0) is 9.59 Å². The molecule has 0 heterocycles. The number of carbonyl (C=O) groups is 1. The van der Waals surface area contributed by atoms with Gasteiger partial charge >= 0.3 is 51.4 Å². The zero-order valence-electron chi connectivity index (χ0n) is 3.76. The van der Waals surface area contributed by atoms with Crippen LogP contribution in [0.15, 0.2) is 0 Å². The molecular weight excluding hydrogens is 137 g/mol. The fraction of sp³-hybridized carbons (Fsp3) is 0.333. The van der Waals surface area contributed by atoms with Crippen molar-refractivity contribution in [1.29, 1.82) is 5.41 Å². The number of carboxylic acids is 1. The molecule has 2 N–H and O–H groups in total. The summed E-state index contributed by atoms with van der Waals surface area (Å²) in [6.07, 6.45) is 0.750. The van der Waals surface area contributed by atoms with Gasteiger partial charge in [0, 0.05) is 6.92 Å². The molecule has 5 heteroatoms. The molecule has 0 aliphatic rings. The third-order valence-corrected chi connectivity index (χ3v) is 0. The fourth-order valence-electron chi connectivity index (χ4n) is 0. The second-order valence-electron chi connectivity index (χ2n) is 0.621. The minimum atomic E-state index is -0.833. The molecule has 0 aromatic carbocycles. The number of aliphatic carboxylic acids is 1. The molecule has 0 aromatic heterocycles. The van der Waals surface area contributed by atoms with Gasteiger partial charge in [-0.1, -0.05) is 0 Å². The molecule has 0 amide bonds. The van der Waals surface area contributed by atoms with Gasteiger partial charge in [0.05, 0.1) is 0 Å². The molecule has 0 unspecified atom stereocenters. The van der Waals surface area contributed by atoms with E-state index in [0.717, 1.165) is 13.0 Å². The molecule has 0 aromatic rings. The van der Waals surface area contributed by atoms with Crippen LogP contribution in [0.4, 0.5) is 0 Å². The molecule has 0 rings (SSSR count). The Kier molecular flexibility index (Phi) is 30.9. The van der Waals surface area contributed by atoms with Crippen molar-refractivity contribution >= 4 is 63.4 Å². The molecule has 0 bridgehead atoms. The fourth-order valence-corrected chi connectivity index (χ4v) is 0. The first-order valence-corrected chi connectivity index (χ1v) is 1.38. The second-order valence-corrected chi connectivity index (χ2v) is 0.621. The molecule has 4 nitrogen and oxygen atoms in total. The maximum atomic E-state index is 9.00. The van der Waals surface area contributed by atoms with Gasteiger partial charge in [-0.3, -0.25) is 4.79 Å². The summed E-state index contributed by atoms with van der Waals surface area (Å²) in [7, 11) is 0. The Balaban J connectivity index is -0.0000000575. The number of isocyanates is 1. The van der Waals surface area contributed by atoms with Gasteiger partial charge < -0.3 is 5.11 Å². The van der Waals surface area contributed by atoms with Gasteiger partial charge in [0.15, 0.2) is 0 Å². The number of hydrogen-bond donors (Lipinski definition) is 2. The first kappa shape index (κ1) is 15.8. The van der Waals surface area contributed by atoms with Crippen LogP contribution < -0.4 is 0 Å². The van der Waals surface area contributed by atoms with Crippen LogP contribution in [0.2, 0.25) is 0 Å². The van der Waals surface area contributed by atoms with E-state index in [1.807, 2.05) is 0 Å². The minimum absolute atomic E-state index is 0. The number of carboxylic acid groups (broad SMARTS) is 1. The molecule has 8 heavy (non-hydrogen) atoms. The van der Waals surface area contributed by atoms with Crippen molar-refractivity contribution in [1.82, 2.24) is 0 Å². The predicted octanol–water partition coefficient (Wildman–Crippen LogP) is -0.657. The Morgan fingerprint density at radius 1 is 1.75 bits per heavy atom. The second kappa shape index (κ2) is 15.6. The monoisotopic (exact) mass is 143 g/mol. The van der Waals surface area contributed by atoms with Crippen LogP contribution >= 0.6 is 0 Å². The van der Waals surface area contributed by atoms with Gasteiger partial charge in [0.2, 0.25) is 6.08 Å². The molecule has 0 aliphatic heterocycles. The van der Waals surface area contributed by atoms with Crippen LogP contribution in [0.5, 0.6) is 0 Å². The maximum absolute atomic E-state index is 9.00. The van der Waals surface area contributed by atoms with E-state index >= 15 is 0 Å². The van der Waals surface area contributed by atoms with Crippen molar-refractivity contribution < 1.29 is 14.7 Å². The average molecular weight is 143 g/mol. The normalized spacial score (nSPS) is 4.12. The quantitative estimate of drug-likeness (QED) is 0.268. The van der Waals surface area contributed by atoms with Gasteiger partial charge in [0.1, 0.15) is 0 Å². The summed E-state index contributed by atoms with van der Waals surface area (Å²) < 4.78 is 0. The van der Waals surface area contributed by atoms with Crippen molar-refractivity contribution in [2.45, 2.75) is 6.92 Å². The molecule has 0 saturated carbocycles. The Labute approximate surface area is 89.2 Å². The third-order valence-electron chi connectivity index (χ3n) is 0. The van der Waals surface area contributed by atoms with Gasteiger partial charge in [-0.2, -0.15) is 0 Å². The topological polar surface area (TPSA) is 78.2 Å². The molecule has 42 valence electrons. The molecule has 0 spiro atoms. The Morgan fingerprint density at radius 3 is 1.75 bits per heavy atom. The van der Waals surface area contributed by atoms with Gasteiger partial charge in [0.25, 0.3) is 5.97 Å². The van der Waals surface area contributed by atoms with E-state index in [1.54, 1.807) is 0 Å². The van der Waals surface area contributed by atoms with Gasteiger partial charge in [-0.25, -0.2) is 10.2 Å². The summed E-state index contributed by atoms with van der Waals surface area (Å²) in [6.45, 7) is 1.08. The van der Waals surface area contributed by atoms with Crippen molar-refractivity contribution in [2.75, 3.05) is 0 Å². The SMILES string of the molecule is CC(=O)O.N=C=O.[KH]. The van der Waals surface area contributed by atoms with Crippen molar-refractivity contribution in [2.24, 2.45) is 0 Å². The third kappa shape index (κ3) is 825. The summed E-state index contributed by atoms with van der Waals surface area (Å²) in [5, 5.41) is 12.8. The zero-order valence-corrected chi connectivity index (χ0v) is 3.76. The van der Waals surface area contributed by atoms with Crippen LogP contribution in [-0.4, -0.2) is 68.5 Å². The van der Waals surface area contributed by atoms with Gasteiger partial charge in [-0.05, 0) is 0 Å². The number of hydrogen-bond acceptors (Lipinski definition) is 3. The number of nitrogens with one attached hydrogen (secondary N) is 1. The average Bonchev–Trinajstić information content (AvgIpc) is 1.33. The zero-order chi connectivity index (χ0) is 6.28. The molecule has 0 atom stereocenters. The number of rotatable bonds is 0. The van der Waals surface area contributed by atoms with E-state index in [-0.39, 0.29) is 51.4 Å². The van der Waals surface area contributed by atoms with E-state index in [0.29, 0.717) is 0 Å². The summed E-state index contributed by atoms with van der Waals surface area (Å²) in [5.41, 5.74) is 0. The van der Waals surface area contributed by atoms with Crippen LogP contribution in [0, 0.1) is 5.41 Å². The van der Waals surface area contributed by atoms with Crippen LogP contribution in [0.1, 0.15) is 6.92 Å². The Morgan fingerprint density at radius 2 is 1.75 bits per heavy atom. The van der Waals surface area contributed by atoms with Crippen LogP contribution in [0.3, 0.4) is 0 Å². The summed E-state index contributed by atoms with van der Waals surface area (Å²) >= 11 is 0. The summed E-state index contributed by atoms with van der Waals surface area (Å²) in [6, 6.07) is 0. The summed E-state index contributed by atoms with van der Waals surface area (Å²) in [5.74, 6) is -0.833. The van der Waals surface area contributed by atoms with Crippen molar-refractivity contribution in [3.63, 3.8) is 0 Å². The van der Waals surface area contributed by atoms with Crippen molar-refractivity contribution in [3.05, 3.63) is 0 Å². The van der Waals surface area contributed by atoms with Gasteiger partial charge in [-0.15, -0.1) is 0 Å². The van der Waals surface area contributed by atoms with Crippen LogP contribution in [0.25, 0.3) is 0 Å². The van der Waals surface area contributed by atoms with E-state index in [2.05, 4.69) is 0 Å².